The Morgan fingerprint density at radius 3 is 2.93 bits per heavy atom. The lowest BCUT2D eigenvalue weighted by molar-refractivity contribution is 0.104. The molecule has 75 valence electrons. The van der Waals surface area contributed by atoms with Gasteiger partial charge < -0.3 is 4.74 Å². The predicted molar refractivity (Wildman–Crippen MR) is 56.5 cm³/mol. The third-order valence-electron chi connectivity index (χ3n) is 1.92. The van der Waals surface area contributed by atoms with Gasteiger partial charge in [0.05, 0.1) is 6.61 Å². The lowest BCUT2D eigenvalue weighted by Gasteiger charge is -2.05. The van der Waals surface area contributed by atoms with Gasteiger partial charge in [-0.3, -0.25) is 4.79 Å². The van der Waals surface area contributed by atoms with Gasteiger partial charge in [-0.05, 0) is 18.6 Å². The fraction of sp³-hybridized carbons (Fsp3) is 0.333. The molecule has 0 atom stereocenters. The largest absolute Gasteiger partial charge is 0.494 e. The highest BCUT2D eigenvalue weighted by Gasteiger charge is 2.00. The van der Waals surface area contributed by atoms with Crippen LogP contribution in [-0.2, 0) is 0 Å². The van der Waals surface area contributed by atoms with Crippen LogP contribution >= 0.6 is 0 Å². The molecular weight excluding hydrogens is 176 g/mol. The van der Waals surface area contributed by atoms with Crippen molar-refractivity contribution in [1.29, 1.82) is 0 Å². The maximum absolute atomic E-state index is 11.0. The van der Waals surface area contributed by atoms with Crippen LogP contribution in [-0.4, -0.2) is 12.4 Å². The van der Waals surface area contributed by atoms with E-state index in [1.54, 1.807) is 18.2 Å². The Morgan fingerprint density at radius 2 is 2.29 bits per heavy atom. The van der Waals surface area contributed by atoms with Crippen LogP contribution in [0.15, 0.2) is 24.3 Å². The summed E-state index contributed by atoms with van der Waals surface area (Å²) in [4.78, 5) is 11.0. The van der Waals surface area contributed by atoms with Gasteiger partial charge in [-0.15, -0.1) is 0 Å². The summed E-state index contributed by atoms with van der Waals surface area (Å²) in [6, 6.07) is 7.12. The van der Waals surface area contributed by atoms with E-state index in [9.17, 15) is 4.79 Å². The zero-order valence-corrected chi connectivity index (χ0v) is 8.45. The van der Waals surface area contributed by atoms with Crippen molar-refractivity contribution in [3.63, 3.8) is 0 Å². The number of Topliss-reactive ketones (excluding diaryl/α,β-unsaturated/α-hetero) is 1. The Kier molecular flexibility index (Phi) is 4.17. The number of ether oxygens (including phenoxy) is 1. The second kappa shape index (κ2) is 5.43. The first kappa shape index (κ1) is 10.8. The molecule has 0 aliphatic heterocycles. The van der Waals surface area contributed by atoms with Crippen molar-refractivity contribution in [2.24, 2.45) is 0 Å². The zero-order valence-electron chi connectivity index (χ0n) is 8.45. The van der Waals surface area contributed by atoms with E-state index in [1.807, 2.05) is 6.07 Å². The molecule has 0 spiro atoms. The van der Waals surface area contributed by atoms with E-state index in [4.69, 9.17) is 4.74 Å². The van der Waals surface area contributed by atoms with E-state index in [0.717, 1.165) is 18.6 Å². The van der Waals surface area contributed by atoms with Gasteiger partial charge in [-0.25, -0.2) is 0 Å². The van der Waals surface area contributed by atoms with Crippen molar-refractivity contribution in [3.8, 4) is 5.75 Å². The fourth-order valence-electron chi connectivity index (χ4n) is 1.09. The van der Waals surface area contributed by atoms with Crippen LogP contribution in [0, 0.1) is 6.92 Å². The van der Waals surface area contributed by atoms with Crippen molar-refractivity contribution < 1.29 is 9.53 Å². The van der Waals surface area contributed by atoms with E-state index in [1.165, 1.54) is 0 Å². The summed E-state index contributed by atoms with van der Waals surface area (Å²) in [5.41, 5.74) is 0.596. The molecule has 2 heteroatoms. The van der Waals surface area contributed by atoms with E-state index in [2.05, 4.69) is 13.8 Å². The molecule has 0 N–H and O–H groups in total. The van der Waals surface area contributed by atoms with E-state index >= 15 is 0 Å². The first-order valence-electron chi connectivity index (χ1n) is 4.83. The van der Waals surface area contributed by atoms with Crippen molar-refractivity contribution in [2.75, 3.05) is 6.61 Å². The third kappa shape index (κ3) is 3.21. The molecule has 1 radical (unpaired) electrons. The lowest BCUT2D eigenvalue weighted by atomic mass is 10.1. The molecule has 0 amide bonds. The zero-order chi connectivity index (χ0) is 10.4. The summed E-state index contributed by atoms with van der Waals surface area (Å²) in [7, 11) is 0. The predicted octanol–water partition coefficient (Wildman–Crippen LogP) is 2.88. The molecule has 2 nitrogen and oxygen atoms in total. The molecule has 0 fully saturated rings. The first-order chi connectivity index (χ1) is 6.74. The number of ketones is 1. The van der Waals surface area contributed by atoms with Crippen LogP contribution in [0.1, 0.15) is 30.1 Å². The first-order valence-corrected chi connectivity index (χ1v) is 4.83. The standard InChI is InChI=1S/C12H15O2/c1-3-4-8-14-12-7-5-6-11(9-12)10(2)13/h5-7,9H,2-4,8H2,1H3. The van der Waals surface area contributed by atoms with Gasteiger partial charge in [-0.2, -0.15) is 0 Å². The molecule has 1 rings (SSSR count). The number of carbonyl (C=O) groups excluding carboxylic acids is 1. The van der Waals surface area contributed by atoms with Gasteiger partial charge >= 0.3 is 0 Å². The van der Waals surface area contributed by atoms with Crippen molar-refractivity contribution in [2.45, 2.75) is 19.8 Å². The number of hydrogen-bond acceptors (Lipinski definition) is 2. The molecule has 0 saturated carbocycles. The van der Waals surface area contributed by atoms with Gasteiger partial charge in [0, 0.05) is 12.5 Å². The Balaban J connectivity index is 2.59. The minimum absolute atomic E-state index is 0.175. The van der Waals surface area contributed by atoms with E-state index < -0.39 is 0 Å². The molecule has 0 aliphatic rings. The normalized spacial score (nSPS) is 9.86. The fourth-order valence-corrected chi connectivity index (χ4v) is 1.09. The molecule has 0 heterocycles. The van der Waals surface area contributed by atoms with Gasteiger partial charge in [0.25, 0.3) is 0 Å². The minimum Gasteiger partial charge on any atom is -0.494 e. The Bertz CT molecular complexity index is 305. The summed E-state index contributed by atoms with van der Waals surface area (Å²) in [6.45, 7) is 6.16. The SMILES string of the molecule is [CH2]C(=O)c1cccc(OCCCC)c1. The summed E-state index contributed by atoms with van der Waals surface area (Å²) in [6.07, 6.45) is 2.14. The summed E-state index contributed by atoms with van der Waals surface area (Å²) < 4.78 is 5.46. The molecular formula is C12H15O2. The average molecular weight is 191 g/mol. The Hall–Kier alpha value is -1.31. The lowest BCUT2D eigenvalue weighted by Crippen LogP contribution is -1.98. The molecule has 1 aromatic carbocycles. The van der Waals surface area contributed by atoms with Crippen LogP contribution in [0.4, 0.5) is 0 Å². The highest BCUT2D eigenvalue weighted by molar-refractivity contribution is 5.99. The smallest absolute Gasteiger partial charge is 0.163 e. The van der Waals surface area contributed by atoms with Gasteiger partial charge in [0.15, 0.2) is 5.78 Å². The number of rotatable bonds is 5. The van der Waals surface area contributed by atoms with Crippen LogP contribution in [0.25, 0.3) is 0 Å². The maximum atomic E-state index is 11.0. The summed E-state index contributed by atoms with van der Waals surface area (Å²) in [5, 5.41) is 0. The highest BCUT2D eigenvalue weighted by atomic mass is 16.5. The van der Waals surface area contributed by atoms with Crippen LogP contribution in [0.2, 0.25) is 0 Å². The molecule has 0 saturated heterocycles. The van der Waals surface area contributed by atoms with E-state index in [0.29, 0.717) is 12.2 Å². The second-order valence-corrected chi connectivity index (χ2v) is 3.15. The van der Waals surface area contributed by atoms with Gasteiger partial charge in [-0.1, -0.05) is 25.5 Å². The molecule has 1 aromatic rings. The summed E-state index contributed by atoms with van der Waals surface area (Å²) in [5.74, 6) is 0.568. The second-order valence-electron chi connectivity index (χ2n) is 3.15. The number of hydrogen-bond donors (Lipinski definition) is 0. The monoisotopic (exact) mass is 191 g/mol. The quantitative estimate of drug-likeness (QED) is 0.528. The van der Waals surface area contributed by atoms with Crippen molar-refractivity contribution in [1.82, 2.24) is 0 Å². The maximum Gasteiger partial charge on any atom is 0.163 e. The average Bonchev–Trinajstić information content (AvgIpc) is 2.19. The molecule has 0 aromatic heterocycles. The molecule has 0 bridgehead atoms. The van der Waals surface area contributed by atoms with E-state index in [-0.39, 0.29) is 5.78 Å². The number of benzene rings is 1. The van der Waals surface area contributed by atoms with Gasteiger partial charge in [0.2, 0.25) is 0 Å². The van der Waals surface area contributed by atoms with Crippen LogP contribution in [0.5, 0.6) is 5.75 Å². The van der Waals surface area contributed by atoms with Crippen molar-refractivity contribution in [3.05, 3.63) is 36.8 Å². The minimum atomic E-state index is -0.175. The topological polar surface area (TPSA) is 26.3 Å². The Labute approximate surface area is 84.9 Å². The van der Waals surface area contributed by atoms with Crippen LogP contribution in [0.3, 0.4) is 0 Å². The third-order valence-corrected chi connectivity index (χ3v) is 1.92. The molecule has 14 heavy (non-hydrogen) atoms. The number of unbranched alkanes of at least 4 members (excludes halogenated alkanes) is 1. The van der Waals surface area contributed by atoms with Crippen LogP contribution < -0.4 is 4.74 Å². The van der Waals surface area contributed by atoms with Gasteiger partial charge in [0.1, 0.15) is 5.75 Å². The van der Waals surface area contributed by atoms with Crippen molar-refractivity contribution >= 4 is 5.78 Å². The highest BCUT2D eigenvalue weighted by Crippen LogP contribution is 2.13. The molecule has 0 aliphatic carbocycles. The summed E-state index contributed by atoms with van der Waals surface area (Å²) >= 11 is 0. The molecule has 0 unspecified atom stereocenters. The number of carbonyl (C=O) groups is 1. The Morgan fingerprint density at radius 1 is 1.50 bits per heavy atom.